The van der Waals surface area contributed by atoms with E-state index in [1.807, 2.05) is 45.3 Å². The Balaban J connectivity index is 1.52. The van der Waals surface area contributed by atoms with Crippen molar-refractivity contribution >= 4 is 28.5 Å². The van der Waals surface area contributed by atoms with Crippen molar-refractivity contribution in [2.45, 2.75) is 64.1 Å². The average molecular weight is 431 g/mol. The molecule has 1 saturated carbocycles. The van der Waals surface area contributed by atoms with E-state index in [1.165, 1.54) is 0 Å². The van der Waals surface area contributed by atoms with Crippen molar-refractivity contribution in [2.75, 3.05) is 12.4 Å². The lowest BCUT2D eigenvalue weighted by Crippen LogP contribution is -2.43. The first-order chi connectivity index (χ1) is 14.1. The van der Waals surface area contributed by atoms with Crippen LogP contribution in [0.15, 0.2) is 29.6 Å². The molecule has 7 nitrogen and oxygen atoms in total. The SMILES string of the molecule is CN(C(=O)OC(C)(C)C)C1CCC(Nc2nc(-c3ccc(C(N)=O)cc3)cs2)CC1. The number of ether oxygens (including phenoxy) is 1. The minimum atomic E-state index is -0.479. The second-order valence-corrected chi connectivity index (χ2v) is 9.58. The van der Waals surface area contributed by atoms with Crippen molar-refractivity contribution in [3.8, 4) is 11.3 Å². The van der Waals surface area contributed by atoms with E-state index >= 15 is 0 Å². The molecule has 0 atom stereocenters. The fraction of sp³-hybridized carbons (Fsp3) is 0.500. The van der Waals surface area contributed by atoms with Crippen LogP contribution in [0, 0.1) is 0 Å². The van der Waals surface area contributed by atoms with Crippen molar-refractivity contribution in [1.29, 1.82) is 0 Å². The summed E-state index contributed by atoms with van der Waals surface area (Å²) in [4.78, 5) is 29.9. The van der Waals surface area contributed by atoms with Crippen LogP contribution in [0.25, 0.3) is 11.3 Å². The summed E-state index contributed by atoms with van der Waals surface area (Å²) in [5, 5.41) is 6.41. The van der Waals surface area contributed by atoms with Crippen LogP contribution in [0.4, 0.5) is 9.93 Å². The van der Waals surface area contributed by atoms with E-state index in [4.69, 9.17) is 10.5 Å². The number of nitrogens with one attached hydrogen (secondary N) is 1. The molecule has 2 amide bonds. The van der Waals surface area contributed by atoms with Gasteiger partial charge in [-0.1, -0.05) is 12.1 Å². The van der Waals surface area contributed by atoms with E-state index < -0.39 is 11.5 Å². The number of benzene rings is 1. The number of carbonyl (C=O) groups is 2. The van der Waals surface area contributed by atoms with Crippen LogP contribution in [0.5, 0.6) is 0 Å². The van der Waals surface area contributed by atoms with Gasteiger partial charge in [0.2, 0.25) is 5.91 Å². The largest absolute Gasteiger partial charge is 0.444 e. The van der Waals surface area contributed by atoms with Gasteiger partial charge in [0.25, 0.3) is 0 Å². The molecule has 1 aromatic heterocycles. The molecule has 0 radical (unpaired) electrons. The highest BCUT2D eigenvalue weighted by molar-refractivity contribution is 7.14. The number of hydrogen-bond acceptors (Lipinski definition) is 6. The molecule has 0 saturated heterocycles. The number of aromatic nitrogens is 1. The molecule has 30 heavy (non-hydrogen) atoms. The van der Waals surface area contributed by atoms with E-state index in [9.17, 15) is 9.59 Å². The molecule has 0 bridgehead atoms. The van der Waals surface area contributed by atoms with Crippen LogP contribution in [0.3, 0.4) is 0 Å². The van der Waals surface area contributed by atoms with Gasteiger partial charge in [0, 0.05) is 35.6 Å². The van der Waals surface area contributed by atoms with Crippen LogP contribution in [-0.2, 0) is 4.74 Å². The van der Waals surface area contributed by atoms with Gasteiger partial charge in [-0.2, -0.15) is 0 Å². The zero-order chi connectivity index (χ0) is 21.9. The summed E-state index contributed by atoms with van der Waals surface area (Å²) < 4.78 is 5.48. The van der Waals surface area contributed by atoms with E-state index in [0.717, 1.165) is 42.1 Å². The highest BCUT2D eigenvalue weighted by Crippen LogP contribution is 2.29. The van der Waals surface area contributed by atoms with Crippen LogP contribution in [0.1, 0.15) is 56.8 Å². The minimum Gasteiger partial charge on any atom is -0.444 e. The quantitative estimate of drug-likeness (QED) is 0.728. The summed E-state index contributed by atoms with van der Waals surface area (Å²) in [5.41, 5.74) is 7.12. The second-order valence-electron chi connectivity index (χ2n) is 8.72. The summed E-state index contributed by atoms with van der Waals surface area (Å²) in [6.45, 7) is 5.65. The van der Waals surface area contributed by atoms with Crippen molar-refractivity contribution in [2.24, 2.45) is 5.73 Å². The molecule has 1 aromatic carbocycles. The van der Waals surface area contributed by atoms with Crippen LogP contribution < -0.4 is 11.1 Å². The Kier molecular flexibility index (Phi) is 6.65. The van der Waals surface area contributed by atoms with E-state index in [-0.39, 0.29) is 12.1 Å². The molecule has 162 valence electrons. The summed E-state index contributed by atoms with van der Waals surface area (Å²) in [6, 6.07) is 7.69. The van der Waals surface area contributed by atoms with Crippen LogP contribution in [0.2, 0.25) is 0 Å². The van der Waals surface area contributed by atoms with Gasteiger partial charge in [-0.25, -0.2) is 9.78 Å². The molecule has 1 heterocycles. The third kappa shape index (κ3) is 5.72. The molecule has 1 aliphatic rings. The third-order valence-corrected chi connectivity index (χ3v) is 6.00. The lowest BCUT2D eigenvalue weighted by atomic mass is 9.90. The van der Waals surface area contributed by atoms with Gasteiger partial charge >= 0.3 is 6.09 Å². The molecule has 0 unspecified atom stereocenters. The smallest absolute Gasteiger partial charge is 0.410 e. The van der Waals surface area contributed by atoms with Crippen LogP contribution in [-0.4, -0.2) is 46.6 Å². The van der Waals surface area contributed by atoms with Gasteiger partial charge < -0.3 is 20.7 Å². The zero-order valence-electron chi connectivity index (χ0n) is 18.0. The number of rotatable bonds is 5. The van der Waals surface area contributed by atoms with Gasteiger partial charge in [0.15, 0.2) is 5.13 Å². The third-order valence-electron chi connectivity index (χ3n) is 5.22. The molecule has 0 aliphatic heterocycles. The monoisotopic (exact) mass is 430 g/mol. The summed E-state index contributed by atoms with van der Waals surface area (Å²) in [5.74, 6) is -0.435. The number of nitrogens with zero attached hydrogens (tertiary/aromatic N) is 2. The Hall–Kier alpha value is -2.61. The number of amides is 2. The highest BCUT2D eigenvalue weighted by Gasteiger charge is 2.29. The maximum absolute atomic E-state index is 12.3. The molecule has 1 aliphatic carbocycles. The highest BCUT2D eigenvalue weighted by atomic mass is 32.1. The Morgan fingerprint density at radius 3 is 2.37 bits per heavy atom. The summed E-state index contributed by atoms with van der Waals surface area (Å²) in [7, 11) is 1.82. The first-order valence-electron chi connectivity index (χ1n) is 10.2. The fourth-order valence-electron chi connectivity index (χ4n) is 3.54. The maximum Gasteiger partial charge on any atom is 0.410 e. The molecule has 2 aromatic rings. The Bertz CT molecular complexity index is 881. The molecule has 1 fully saturated rings. The number of hydrogen-bond donors (Lipinski definition) is 2. The number of nitrogens with two attached hydrogens (primary N) is 1. The van der Waals surface area contributed by atoms with Crippen molar-refractivity contribution in [1.82, 2.24) is 9.88 Å². The van der Waals surface area contributed by atoms with Crippen molar-refractivity contribution in [3.63, 3.8) is 0 Å². The number of thiazole rings is 1. The summed E-state index contributed by atoms with van der Waals surface area (Å²) in [6.07, 6.45) is 3.55. The van der Waals surface area contributed by atoms with E-state index in [2.05, 4.69) is 10.3 Å². The zero-order valence-corrected chi connectivity index (χ0v) is 18.8. The molecular weight excluding hydrogens is 400 g/mol. The molecule has 3 N–H and O–H groups in total. The first-order valence-corrected chi connectivity index (χ1v) is 11.1. The lowest BCUT2D eigenvalue weighted by Gasteiger charge is -2.35. The Labute approximate surface area is 181 Å². The first kappa shape index (κ1) is 22.1. The molecule has 3 rings (SSSR count). The standard InChI is InChI=1S/C22H30N4O3S/c1-22(2,3)29-21(28)26(4)17-11-9-16(10-12-17)24-20-25-18(13-30-20)14-5-7-15(8-6-14)19(23)27/h5-8,13,16-17H,9-12H2,1-4H3,(H2,23,27)(H,24,25). The van der Waals surface area contributed by atoms with Gasteiger partial charge in [0.1, 0.15) is 5.60 Å². The number of carbonyl (C=O) groups excluding carboxylic acids is 2. The average Bonchev–Trinajstić information content (AvgIpc) is 3.15. The predicted molar refractivity (Wildman–Crippen MR) is 120 cm³/mol. The second kappa shape index (κ2) is 9.04. The fourth-order valence-corrected chi connectivity index (χ4v) is 4.34. The van der Waals surface area contributed by atoms with E-state index in [0.29, 0.717) is 11.6 Å². The topological polar surface area (TPSA) is 97.6 Å². The van der Waals surface area contributed by atoms with Gasteiger partial charge in [-0.05, 0) is 58.6 Å². The van der Waals surface area contributed by atoms with Crippen LogP contribution >= 0.6 is 11.3 Å². The predicted octanol–water partition coefficient (Wildman–Crippen LogP) is 4.50. The molecule has 8 heteroatoms. The van der Waals surface area contributed by atoms with Gasteiger partial charge in [0.05, 0.1) is 5.69 Å². The Morgan fingerprint density at radius 2 is 1.80 bits per heavy atom. The minimum absolute atomic E-state index is 0.202. The molecule has 0 spiro atoms. The van der Waals surface area contributed by atoms with Crippen molar-refractivity contribution in [3.05, 3.63) is 35.2 Å². The number of primary amides is 1. The summed E-state index contributed by atoms with van der Waals surface area (Å²) >= 11 is 1.57. The van der Waals surface area contributed by atoms with Crippen molar-refractivity contribution < 1.29 is 14.3 Å². The normalized spacial score (nSPS) is 19.2. The number of anilines is 1. The van der Waals surface area contributed by atoms with E-state index in [1.54, 1.807) is 28.4 Å². The Morgan fingerprint density at radius 1 is 1.17 bits per heavy atom. The molecular formula is C22H30N4O3S. The maximum atomic E-state index is 12.3. The van der Waals surface area contributed by atoms with Gasteiger partial charge in [-0.3, -0.25) is 4.79 Å². The lowest BCUT2D eigenvalue weighted by molar-refractivity contribution is 0.0185. The van der Waals surface area contributed by atoms with Gasteiger partial charge in [-0.15, -0.1) is 11.3 Å².